The van der Waals surface area contributed by atoms with Gasteiger partial charge >= 0.3 is 0 Å². The number of carbonyl (C=O) groups excluding carboxylic acids is 1. The number of hydrogen-bond donors (Lipinski definition) is 1. The molecule has 0 aliphatic carbocycles. The van der Waals surface area contributed by atoms with E-state index in [1.807, 2.05) is 23.3 Å². The first-order valence-electron chi connectivity index (χ1n) is 10.3. The zero-order valence-electron chi connectivity index (χ0n) is 16.9. The van der Waals surface area contributed by atoms with Gasteiger partial charge in [0.25, 0.3) is 5.91 Å². The van der Waals surface area contributed by atoms with Crippen LogP contribution in [0, 0.1) is 0 Å². The van der Waals surface area contributed by atoms with Gasteiger partial charge in [0.15, 0.2) is 11.4 Å². The molecule has 9 nitrogen and oxygen atoms in total. The highest BCUT2D eigenvalue weighted by Crippen LogP contribution is 2.43. The standard InChI is InChI=1S/C22H19N5O4S/c28-16-5-6-26-20(21(16)29)22(30)25-7-8-31-10-18(25)27(26)19-13-3-1-2-4-17(13)32-11-15-14(19)9-23-12-24-15/h1-6,9,12,18-19,29H,7-8,10-11H2. The third kappa shape index (κ3) is 2.76. The van der Waals surface area contributed by atoms with E-state index in [9.17, 15) is 14.7 Å². The molecule has 1 saturated heterocycles. The lowest BCUT2D eigenvalue weighted by molar-refractivity contribution is -0.0198. The van der Waals surface area contributed by atoms with Crippen LogP contribution in [0.25, 0.3) is 0 Å². The number of pyridine rings is 1. The van der Waals surface area contributed by atoms with Crippen LogP contribution in [-0.4, -0.2) is 56.5 Å². The second kappa shape index (κ2) is 7.35. The first-order chi connectivity index (χ1) is 15.6. The summed E-state index contributed by atoms with van der Waals surface area (Å²) >= 11 is 1.70. The molecule has 3 aliphatic rings. The second-order valence-corrected chi connectivity index (χ2v) is 8.83. The molecule has 1 fully saturated rings. The number of aromatic hydroxyl groups is 1. The number of amides is 1. The highest BCUT2D eigenvalue weighted by molar-refractivity contribution is 7.98. The summed E-state index contributed by atoms with van der Waals surface area (Å²) < 4.78 is 7.38. The maximum atomic E-state index is 13.3. The van der Waals surface area contributed by atoms with Gasteiger partial charge in [0.2, 0.25) is 5.43 Å². The predicted molar refractivity (Wildman–Crippen MR) is 116 cm³/mol. The van der Waals surface area contributed by atoms with Gasteiger partial charge in [-0.1, -0.05) is 18.2 Å². The number of thioether (sulfide) groups is 1. The molecule has 162 valence electrons. The van der Waals surface area contributed by atoms with E-state index in [-0.39, 0.29) is 17.6 Å². The quantitative estimate of drug-likeness (QED) is 0.597. The van der Waals surface area contributed by atoms with Crippen LogP contribution in [0.3, 0.4) is 0 Å². The van der Waals surface area contributed by atoms with Gasteiger partial charge in [-0.15, -0.1) is 11.8 Å². The molecule has 0 radical (unpaired) electrons. The summed E-state index contributed by atoms with van der Waals surface area (Å²) in [6.45, 7) is 1.06. The van der Waals surface area contributed by atoms with Crippen LogP contribution in [0.1, 0.15) is 33.4 Å². The molecule has 0 saturated carbocycles. The SMILES string of the molecule is O=C1c2c(O)c(=O)ccn2N(C2c3ccccc3SCc3ncncc32)C2COCCN12. The highest BCUT2D eigenvalue weighted by atomic mass is 32.2. The van der Waals surface area contributed by atoms with Gasteiger partial charge < -0.3 is 14.7 Å². The van der Waals surface area contributed by atoms with E-state index in [1.165, 1.54) is 6.07 Å². The average Bonchev–Trinajstić information content (AvgIpc) is 2.99. The lowest BCUT2D eigenvalue weighted by Crippen LogP contribution is -2.66. The molecule has 6 rings (SSSR count). The predicted octanol–water partition coefficient (Wildman–Crippen LogP) is 1.49. The van der Waals surface area contributed by atoms with Crippen LogP contribution >= 0.6 is 11.8 Å². The summed E-state index contributed by atoms with van der Waals surface area (Å²) in [6.07, 6.45) is 4.46. The molecule has 2 unspecified atom stereocenters. The summed E-state index contributed by atoms with van der Waals surface area (Å²) in [6, 6.07) is 9.02. The Morgan fingerprint density at radius 3 is 2.94 bits per heavy atom. The van der Waals surface area contributed by atoms with E-state index >= 15 is 0 Å². The van der Waals surface area contributed by atoms with E-state index in [0.717, 1.165) is 21.7 Å². The zero-order valence-corrected chi connectivity index (χ0v) is 17.7. The lowest BCUT2D eigenvalue weighted by atomic mass is 9.97. The average molecular weight is 449 g/mol. The van der Waals surface area contributed by atoms with E-state index < -0.39 is 17.3 Å². The van der Waals surface area contributed by atoms with Gasteiger partial charge in [0, 0.05) is 41.2 Å². The molecule has 0 bridgehead atoms. The van der Waals surface area contributed by atoms with Crippen molar-refractivity contribution in [2.45, 2.75) is 22.9 Å². The Morgan fingerprint density at radius 1 is 1.16 bits per heavy atom. The summed E-state index contributed by atoms with van der Waals surface area (Å²) in [4.78, 5) is 37.1. The fourth-order valence-electron chi connectivity index (χ4n) is 4.68. The Hall–Kier alpha value is -3.37. The van der Waals surface area contributed by atoms with E-state index in [0.29, 0.717) is 25.5 Å². The summed E-state index contributed by atoms with van der Waals surface area (Å²) in [5.41, 5.74) is 2.22. The zero-order chi connectivity index (χ0) is 21.8. The van der Waals surface area contributed by atoms with Crippen LogP contribution in [-0.2, 0) is 10.5 Å². The normalized spacial score (nSPS) is 21.8. The molecule has 3 aromatic rings. The van der Waals surface area contributed by atoms with E-state index in [1.54, 1.807) is 33.9 Å². The maximum Gasteiger partial charge on any atom is 0.278 e. The smallest absolute Gasteiger partial charge is 0.278 e. The van der Waals surface area contributed by atoms with Crippen LogP contribution in [0.5, 0.6) is 5.75 Å². The highest BCUT2D eigenvalue weighted by Gasteiger charge is 2.45. The van der Waals surface area contributed by atoms with Crippen LogP contribution in [0.4, 0.5) is 0 Å². The van der Waals surface area contributed by atoms with Gasteiger partial charge in [0.05, 0.1) is 18.9 Å². The molecule has 1 aromatic carbocycles. The minimum absolute atomic E-state index is 0.0385. The van der Waals surface area contributed by atoms with Crippen molar-refractivity contribution in [3.8, 4) is 5.75 Å². The van der Waals surface area contributed by atoms with Gasteiger partial charge in [-0.25, -0.2) is 9.97 Å². The Bertz CT molecular complexity index is 1250. The van der Waals surface area contributed by atoms with Crippen molar-refractivity contribution >= 4 is 17.7 Å². The molecule has 2 atom stereocenters. The Balaban J connectivity index is 1.66. The van der Waals surface area contributed by atoms with Crippen molar-refractivity contribution in [3.63, 3.8) is 0 Å². The van der Waals surface area contributed by atoms with Crippen molar-refractivity contribution < 1.29 is 14.6 Å². The molecule has 0 spiro atoms. The second-order valence-electron chi connectivity index (χ2n) is 7.81. The number of fused-ring (bicyclic) bond motifs is 4. The monoisotopic (exact) mass is 449 g/mol. The number of morpholine rings is 1. The number of aromatic nitrogens is 3. The topological polar surface area (TPSA) is 101 Å². The fourth-order valence-corrected chi connectivity index (χ4v) is 5.74. The number of nitrogens with zero attached hydrogens (tertiary/aromatic N) is 5. The van der Waals surface area contributed by atoms with Crippen molar-refractivity contribution in [2.24, 2.45) is 0 Å². The van der Waals surface area contributed by atoms with Gasteiger partial charge in [-0.3, -0.25) is 19.3 Å². The molecule has 5 heterocycles. The Morgan fingerprint density at radius 2 is 2.03 bits per heavy atom. The fraction of sp³-hybridized carbons (Fsp3) is 0.273. The van der Waals surface area contributed by atoms with Gasteiger partial charge in [-0.05, 0) is 11.6 Å². The lowest BCUT2D eigenvalue weighted by Gasteiger charge is -2.51. The Labute approximate surface area is 187 Å². The summed E-state index contributed by atoms with van der Waals surface area (Å²) in [7, 11) is 0. The molecule has 3 aliphatic heterocycles. The number of ether oxygens (including phenoxy) is 1. The van der Waals surface area contributed by atoms with Crippen molar-refractivity contribution in [1.29, 1.82) is 0 Å². The van der Waals surface area contributed by atoms with Gasteiger partial charge in [0.1, 0.15) is 18.5 Å². The first kappa shape index (κ1) is 19.3. The number of rotatable bonds is 1. The molecular weight excluding hydrogens is 430 g/mol. The third-order valence-corrected chi connectivity index (χ3v) is 7.24. The summed E-state index contributed by atoms with van der Waals surface area (Å²) in [5, 5.41) is 12.6. The van der Waals surface area contributed by atoms with Crippen molar-refractivity contribution in [2.75, 3.05) is 24.8 Å². The molecule has 32 heavy (non-hydrogen) atoms. The molecule has 1 amide bonds. The Kier molecular flexibility index (Phi) is 4.44. The number of hydrogen-bond acceptors (Lipinski definition) is 8. The van der Waals surface area contributed by atoms with Crippen molar-refractivity contribution in [1.82, 2.24) is 19.5 Å². The van der Waals surface area contributed by atoms with E-state index in [4.69, 9.17) is 4.74 Å². The minimum Gasteiger partial charge on any atom is -0.502 e. The first-order valence-corrected chi connectivity index (χ1v) is 11.3. The third-order valence-electron chi connectivity index (χ3n) is 6.14. The minimum atomic E-state index is -0.586. The molecule has 2 aromatic heterocycles. The molecule has 1 N–H and O–H groups in total. The van der Waals surface area contributed by atoms with Crippen molar-refractivity contribution in [3.05, 3.63) is 81.8 Å². The van der Waals surface area contributed by atoms with Crippen LogP contribution in [0.2, 0.25) is 0 Å². The molecular formula is C22H19N5O4S. The van der Waals surface area contributed by atoms with Crippen LogP contribution < -0.4 is 10.4 Å². The number of carbonyl (C=O) groups is 1. The van der Waals surface area contributed by atoms with E-state index in [2.05, 4.69) is 22.1 Å². The number of benzene rings is 1. The molecule has 10 heteroatoms. The maximum absolute atomic E-state index is 13.3. The van der Waals surface area contributed by atoms with Crippen LogP contribution in [0.15, 0.2) is 58.7 Å². The summed E-state index contributed by atoms with van der Waals surface area (Å²) in [5.74, 6) is -0.246. The van der Waals surface area contributed by atoms with Gasteiger partial charge in [-0.2, -0.15) is 0 Å². The largest absolute Gasteiger partial charge is 0.502 e.